The van der Waals surface area contributed by atoms with Crippen LogP contribution in [0.4, 0.5) is 31.8 Å². The number of piperidine rings is 2. The molecule has 2 fully saturated rings. The van der Waals surface area contributed by atoms with E-state index in [0.29, 0.717) is 61.6 Å². The summed E-state index contributed by atoms with van der Waals surface area (Å²) in [7, 11) is 7.34. The molecule has 2 aliphatic rings. The zero-order chi connectivity index (χ0) is 67.5. The molecule has 0 saturated carbocycles. The van der Waals surface area contributed by atoms with Crippen LogP contribution < -0.4 is 32.9 Å². The van der Waals surface area contributed by atoms with Gasteiger partial charge in [-0.05, 0) is 188 Å². The predicted octanol–water partition coefficient (Wildman–Crippen LogP) is 11.4. The van der Waals surface area contributed by atoms with Gasteiger partial charge in [0.05, 0.1) is 40.0 Å². The number of carbonyl (C=O) groups excluding carboxylic acids is 2. The van der Waals surface area contributed by atoms with E-state index in [-0.39, 0.29) is 73.9 Å². The number of carbonyl (C=O) groups is 2. The van der Waals surface area contributed by atoms with E-state index in [4.69, 9.17) is 11.6 Å². The van der Waals surface area contributed by atoms with Crippen molar-refractivity contribution in [3.8, 4) is 22.9 Å². The standard InChI is InChI=1S/C34H35FN8O3.C18H15FIN3O2.C16H20ClN5O.CH4/c1-34(2,3)23-14-22-18-38-43(33(46)30(22)26(35)15-23)31-25(19-44)24(8-11-36-31)27-16-28(32(45)42(5)40-27)39-29-7-6-21(17-37-29)20-9-12-41(4)13-10-20;1-18(2,3)11-6-10-8-22-23(17(25)15(10)13(19)7-11)16-12(9-24)14(20)4-5-21-16;1-21-7-5-11(6-8-21)12-3-4-15(18-10-12)19-13-9-14(17)20-22(2)16(13)23;/h6-8,11,14-20H,9-10,12-13H2,1-5H3,(H,37,39);4-9H,1-3H3;3-4,9-11H,5-8H2,1-2H3,(H,18,19);1H4. The molecule has 0 aliphatic carbocycles. The summed E-state index contributed by atoms with van der Waals surface area (Å²) in [5, 5.41) is 23.5. The fraction of sp³-hybridized carbons (Fsp3) is 0.333. The van der Waals surface area contributed by atoms with Crippen LogP contribution in [0.1, 0.15) is 129 Å². The van der Waals surface area contributed by atoms with E-state index in [1.165, 1.54) is 66.3 Å². The van der Waals surface area contributed by atoms with Gasteiger partial charge >= 0.3 is 0 Å². The molecule has 494 valence electrons. The van der Waals surface area contributed by atoms with Crippen molar-refractivity contribution in [3.05, 3.63) is 205 Å². The van der Waals surface area contributed by atoms with Crippen molar-refractivity contribution in [1.29, 1.82) is 0 Å². The van der Waals surface area contributed by atoms with Gasteiger partial charge in [0.2, 0.25) is 0 Å². The number of nitrogens with one attached hydrogen (secondary N) is 2. The van der Waals surface area contributed by atoms with Crippen molar-refractivity contribution in [2.75, 3.05) is 50.9 Å². The number of rotatable bonds is 11. The Bertz CT molecular complexity index is 4770. The second-order valence-electron chi connectivity index (χ2n) is 25.5. The summed E-state index contributed by atoms with van der Waals surface area (Å²) in [4.78, 5) is 97.3. The van der Waals surface area contributed by atoms with Crippen molar-refractivity contribution in [2.45, 2.75) is 97.3 Å². The Morgan fingerprint density at radius 3 is 1.41 bits per heavy atom. The molecule has 0 amide bonds. The Labute approximate surface area is 565 Å². The highest BCUT2D eigenvalue weighted by atomic mass is 127. The Morgan fingerprint density at radius 2 is 0.979 bits per heavy atom. The highest BCUT2D eigenvalue weighted by Crippen LogP contribution is 2.33. The Kier molecular flexibility index (Phi) is 21.6. The number of halogens is 4. The first-order valence-corrected chi connectivity index (χ1v) is 31.8. The molecule has 26 heteroatoms. The molecule has 0 spiro atoms. The Balaban J connectivity index is 0.000000183. The number of nitrogens with zero attached hydrogens (tertiary/aromatic N) is 14. The van der Waals surface area contributed by atoms with Gasteiger partial charge in [0.25, 0.3) is 22.2 Å². The molecule has 2 saturated heterocycles. The maximum atomic E-state index is 15.3. The first-order chi connectivity index (χ1) is 44.7. The van der Waals surface area contributed by atoms with Gasteiger partial charge in [-0.15, -0.1) is 0 Å². The fourth-order valence-electron chi connectivity index (χ4n) is 11.2. The number of anilines is 4. The number of aromatic nitrogens is 12. The van der Waals surface area contributed by atoms with Gasteiger partial charge in [-0.3, -0.25) is 28.8 Å². The Hall–Kier alpha value is -9.18. The average Bonchev–Trinajstić information content (AvgIpc) is 0.769. The number of benzene rings is 2. The number of hydrogen-bond donors (Lipinski definition) is 2. The molecule has 8 aromatic heterocycles. The van der Waals surface area contributed by atoms with E-state index in [9.17, 15) is 33.2 Å². The molecule has 95 heavy (non-hydrogen) atoms. The third-order valence-corrected chi connectivity index (χ3v) is 17.9. The molecular weight excluding hydrogens is 1350 g/mol. The molecule has 12 rings (SSSR count). The SMILES string of the molecule is C.CC(C)(C)c1cc(F)c2c(=O)n(-c3nccc(I)c3C=O)ncc2c1.CN1CCC(c2ccc(Nc3cc(-c4ccnc(-n5ncc6cc(C(C)(C)C)cc(F)c6c5=O)c4C=O)nn(C)c3=O)nc2)CC1.CN1CCC(c2ccc(Nc3cc(Cl)nn(C)c3=O)nc2)CC1. The monoisotopic (exact) mass is 1420 g/mol. The van der Waals surface area contributed by atoms with Crippen molar-refractivity contribution in [2.24, 2.45) is 14.1 Å². The van der Waals surface area contributed by atoms with Gasteiger partial charge < -0.3 is 20.4 Å². The molecule has 0 bridgehead atoms. The average molecular weight is 1420 g/mol. The number of hydrogen-bond acceptors (Lipinski definition) is 18. The summed E-state index contributed by atoms with van der Waals surface area (Å²) in [6.07, 6.45) is 15.0. The van der Waals surface area contributed by atoms with Crippen molar-refractivity contribution in [1.82, 2.24) is 68.9 Å². The van der Waals surface area contributed by atoms with E-state index < -0.39 is 28.3 Å². The minimum atomic E-state index is -0.756. The lowest BCUT2D eigenvalue weighted by atomic mass is 9.86. The van der Waals surface area contributed by atoms with Gasteiger partial charge in [0.1, 0.15) is 34.6 Å². The van der Waals surface area contributed by atoms with Crippen LogP contribution in [0.3, 0.4) is 0 Å². The number of aldehydes is 2. The predicted molar refractivity (Wildman–Crippen MR) is 375 cm³/mol. The van der Waals surface area contributed by atoms with Crippen LogP contribution in [0.25, 0.3) is 44.4 Å². The second-order valence-corrected chi connectivity index (χ2v) is 27.0. The van der Waals surface area contributed by atoms with E-state index >= 15 is 4.39 Å². The minimum absolute atomic E-state index is 0. The Morgan fingerprint density at radius 1 is 0.547 bits per heavy atom. The zero-order valence-electron chi connectivity index (χ0n) is 53.6. The topological polar surface area (TPSA) is 256 Å². The summed E-state index contributed by atoms with van der Waals surface area (Å²) in [5.74, 6) is 0.834. The number of pyridine rings is 4. The van der Waals surface area contributed by atoms with E-state index in [0.717, 1.165) is 82.6 Å². The van der Waals surface area contributed by atoms with Crippen LogP contribution in [0, 0.1) is 15.2 Å². The van der Waals surface area contributed by atoms with Gasteiger partial charge in [0.15, 0.2) is 29.4 Å². The van der Waals surface area contributed by atoms with Gasteiger partial charge in [-0.25, -0.2) is 38.1 Å². The van der Waals surface area contributed by atoms with Crippen LogP contribution >= 0.6 is 34.2 Å². The smallest absolute Gasteiger partial charge is 0.290 e. The largest absolute Gasteiger partial charge is 0.336 e. The lowest BCUT2D eigenvalue weighted by Crippen LogP contribution is -2.29. The van der Waals surface area contributed by atoms with Crippen LogP contribution in [-0.2, 0) is 24.9 Å². The molecule has 2 aromatic carbocycles. The first kappa shape index (κ1) is 70.1. The van der Waals surface area contributed by atoms with E-state index in [2.05, 4.69) is 80.9 Å². The van der Waals surface area contributed by atoms with Crippen molar-refractivity contribution >= 4 is 91.3 Å². The minimum Gasteiger partial charge on any atom is -0.336 e. The molecule has 2 N–H and O–H groups in total. The van der Waals surface area contributed by atoms with Gasteiger partial charge in [0, 0.05) is 64.9 Å². The second kappa shape index (κ2) is 29.2. The third-order valence-electron chi connectivity index (χ3n) is 16.8. The van der Waals surface area contributed by atoms with Gasteiger partial charge in [-0.1, -0.05) is 72.7 Å². The van der Waals surface area contributed by atoms with Crippen molar-refractivity contribution < 1.29 is 18.4 Å². The number of fused-ring (bicyclic) bond motifs is 2. The highest BCUT2D eigenvalue weighted by Gasteiger charge is 2.26. The van der Waals surface area contributed by atoms with Crippen LogP contribution in [-0.4, -0.2) is 122 Å². The molecule has 0 atom stereocenters. The number of aryl methyl sites for hydroxylation is 2. The zero-order valence-corrected chi connectivity index (χ0v) is 56.5. The molecule has 0 radical (unpaired) electrons. The van der Waals surface area contributed by atoms with E-state index in [1.807, 2.05) is 94.7 Å². The summed E-state index contributed by atoms with van der Waals surface area (Å²) < 4.78 is 34.8. The molecule has 22 nitrogen and oxygen atoms in total. The first-order valence-electron chi connectivity index (χ1n) is 30.4. The molecule has 10 aromatic rings. The maximum Gasteiger partial charge on any atom is 0.290 e. The van der Waals surface area contributed by atoms with E-state index in [1.54, 1.807) is 31.3 Å². The number of likely N-dealkylation sites (tertiary alicyclic amines) is 2. The lowest BCUT2D eigenvalue weighted by molar-refractivity contribution is 0.111. The van der Waals surface area contributed by atoms with Crippen LogP contribution in [0.5, 0.6) is 0 Å². The van der Waals surface area contributed by atoms with Crippen molar-refractivity contribution in [3.63, 3.8) is 0 Å². The van der Waals surface area contributed by atoms with Crippen LogP contribution in [0.15, 0.2) is 129 Å². The summed E-state index contributed by atoms with van der Waals surface area (Å²) >= 11 is 7.87. The quantitative estimate of drug-likeness (QED) is 0.0901. The fourth-order valence-corrected chi connectivity index (χ4v) is 12.0. The van der Waals surface area contributed by atoms with Gasteiger partial charge in [-0.2, -0.15) is 29.8 Å². The maximum absolute atomic E-state index is 15.3. The molecule has 10 heterocycles. The van der Waals surface area contributed by atoms with Crippen LogP contribution in [0.2, 0.25) is 5.15 Å². The highest BCUT2D eigenvalue weighted by molar-refractivity contribution is 14.1. The molecular formula is C69H74ClF2IN16O6. The summed E-state index contributed by atoms with van der Waals surface area (Å²) in [6.45, 7) is 16.1. The summed E-state index contributed by atoms with van der Waals surface area (Å²) in [6, 6.07) is 20.3. The third kappa shape index (κ3) is 15.6. The summed E-state index contributed by atoms with van der Waals surface area (Å²) in [5.41, 5.74) is 2.65. The normalized spacial score (nSPS) is 14.1. The molecule has 2 aliphatic heterocycles. The lowest BCUT2D eigenvalue weighted by Gasteiger charge is -2.29. The molecule has 0 unspecified atom stereocenters.